The number of hydrogen-bond acceptors (Lipinski definition) is 3. The van der Waals surface area contributed by atoms with E-state index in [0.29, 0.717) is 13.0 Å². The summed E-state index contributed by atoms with van der Waals surface area (Å²) >= 11 is 0. The van der Waals surface area contributed by atoms with E-state index in [1.54, 1.807) is 0 Å². The Balaban J connectivity index is 0.00000200. The third-order valence-electron chi connectivity index (χ3n) is 3.67. The van der Waals surface area contributed by atoms with Crippen LogP contribution in [0.25, 0.3) is 0 Å². The van der Waals surface area contributed by atoms with Crippen LogP contribution in [0.5, 0.6) is 0 Å². The molecule has 112 valence electrons. The zero-order valence-electron chi connectivity index (χ0n) is 12.1. The lowest BCUT2D eigenvalue weighted by molar-refractivity contribution is -0.123. The van der Waals surface area contributed by atoms with E-state index < -0.39 is 6.10 Å². The number of halogens is 1. The van der Waals surface area contributed by atoms with Crippen molar-refractivity contribution in [3.63, 3.8) is 0 Å². The highest BCUT2D eigenvalue weighted by Crippen LogP contribution is 2.19. The molecule has 1 aromatic carbocycles. The van der Waals surface area contributed by atoms with Crippen LogP contribution in [0, 0.1) is 13.8 Å². The Labute approximate surface area is 126 Å². The summed E-state index contributed by atoms with van der Waals surface area (Å²) in [4.78, 5) is 12.1. The van der Waals surface area contributed by atoms with Gasteiger partial charge in [-0.1, -0.05) is 23.8 Å². The Morgan fingerprint density at radius 1 is 1.45 bits per heavy atom. The van der Waals surface area contributed by atoms with E-state index in [1.165, 1.54) is 11.1 Å². The van der Waals surface area contributed by atoms with Gasteiger partial charge in [-0.3, -0.25) is 4.79 Å². The van der Waals surface area contributed by atoms with E-state index in [9.17, 15) is 9.90 Å². The average molecular weight is 299 g/mol. The first kappa shape index (κ1) is 17.0. The highest BCUT2D eigenvalue weighted by Gasteiger charge is 2.28. The summed E-state index contributed by atoms with van der Waals surface area (Å²) in [5, 5.41) is 15.5. The summed E-state index contributed by atoms with van der Waals surface area (Å²) in [5.41, 5.74) is 3.55. The van der Waals surface area contributed by atoms with Gasteiger partial charge in [-0.15, -0.1) is 12.4 Å². The van der Waals surface area contributed by atoms with Crippen LogP contribution in [0.15, 0.2) is 18.2 Å². The Morgan fingerprint density at radius 2 is 2.15 bits per heavy atom. The molecule has 1 heterocycles. The van der Waals surface area contributed by atoms with Gasteiger partial charge < -0.3 is 15.7 Å². The van der Waals surface area contributed by atoms with Gasteiger partial charge in [0.15, 0.2) is 0 Å². The molecule has 3 N–H and O–H groups in total. The molecule has 0 spiro atoms. The minimum Gasteiger partial charge on any atom is -0.392 e. The van der Waals surface area contributed by atoms with Crippen LogP contribution < -0.4 is 10.6 Å². The fraction of sp³-hybridized carbons (Fsp3) is 0.533. The van der Waals surface area contributed by atoms with Crippen molar-refractivity contribution in [2.24, 2.45) is 0 Å². The van der Waals surface area contributed by atoms with Gasteiger partial charge in [0.1, 0.15) is 0 Å². The number of rotatable bonds is 3. The summed E-state index contributed by atoms with van der Waals surface area (Å²) in [6.07, 6.45) is 0.0815. The monoisotopic (exact) mass is 298 g/mol. The number of aliphatic hydroxyl groups is 1. The van der Waals surface area contributed by atoms with Gasteiger partial charge in [-0.2, -0.15) is 0 Å². The average Bonchev–Trinajstić information content (AvgIpc) is 2.75. The zero-order chi connectivity index (χ0) is 14.0. The molecule has 1 saturated heterocycles. The first-order chi connectivity index (χ1) is 8.97. The molecule has 1 aliphatic heterocycles. The van der Waals surface area contributed by atoms with Crippen LogP contribution in [0.1, 0.15) is 36.1 Å². The molecule has 4 nitrogen and oxygen atoms in total. The summed E-state index contributed by atoms with van der Waals surface area (Å²) in [7, 11) is 0. The van der Waals surface area contributed by atoms with Gasteiger partial charge >= 0.3 is 0 Å². The molecule has 3 atom stereocenters. The Morgan fingerprint density at radius 3 is 2.70 bits per heavy atom. The largest absolute Gasteiger partial charge is 0.392 e. The fourth-order valence-electron chi connectivity index (χ4n) is 2.62. The number of amides is 1. The SMILES string of the molecule is Cc1ccc(C(C)NC(=O)C2CC(O)CN2)c(C)c1.Cl. The first-order valence-electron chi connectivity index (χ1n) is 6.76. The number of carbonyl (C=O) groups excluding carboxylic acids is 1. The maximum atomic E-state index is 12.1. The van der Waals surface area contributed by atoms with Crippen molar-refractivity contribution in [3.8, 4) is 0 Å². The van der Waals surface area contributed by atoms with Gasteiger partial charge in [0.25, 0.3) is 0 Å². The third kappa shape index (κ3) is 3.95. The molecule has 0 aromatic heterocycles. The molecule has 0 saturated carbocycles. The molecule has 1 amide bonds. The first-order valence-corrected chi connectivity index (χ1v) is 6.76. The lowest BCUT2D eigenvalue weighted by Gasteiger charge is -2.19. The normalized spacial score (nSPS) is 23.0. The maximum Gasteiger partial charge on any atom is 0.237 e. The molecule has 2 rings (SSSR count). The standard InChI is InChI=1S/C15H22N2O2.ClH/c1-9-4-5-13(10(2)6-9)11(3)17-15(19)14-7-12(18)8-16-14;/h4-6,11-12,14,16,18H,7-8H2,1-3H3,(H,17,19);1H. The number of aliphatic hydroxyl groups excluding tert-OH is 1. The second-order valence-electron chi connectivity index (χ2n) is 5.44. The van der Waals surface area contributed by atoms with E-state index in [2.05, 4.69) is 42.7 Å². The number of aryl methyl sites for hydroxylation is 2. The molecular weight excluding hydrogens is 276 g/mol. The number of hydrogen-bond donors (Lipinski definition) is 3. The van der Waals surface area contributed by atoms with Gasteiger partial charge in [0.05, 0.1) is 18.2 Å². The molecule has 0 aliphatic carbocycles. The predicted octanol–water partition coefficient (Wildman–Crippen LogP) is 1.63. The van der Waals surface area contributed by atoms with Crippen molar-refractivity contribution in [3.05, 3.63) is 34.9 Å². The highest BCUT2D eigenvalue weighted by atomic mass is 35.5. The quantitative estimate of drug-likeness (QED) is 0.795. The number of nitrogens with one attached hydrogen (secondary N) is 2. The van der Waals surface area contributed by atoms with Gasteiger partial charge in [-0.25, -0.2) is 0 Å². The Hall–Kier alpha value is -1.10. The fourth-order valence-corrected chi connectivity index (χ4v) is 2.62. The second kappa shape index (κ2) is 7.07. The summed E-state index contributed by atoms with van der Waals surface area (Å²) in [5.74, 6) is -0.0379. The van der Waals surface area contributed by atoms with Crippen molar-refractivity contribution < 1.29 is 9.90 Å². The minimum atomic E-state index is -0.410. The molecule has 20 heavy (non-hydrogen) atoms. The second-order valence-corrected chi connectivity index (χ2v) is 5.44. The lowest BCUT2D eigenvalue weighted by Crippen LogP contribution is -2.41. The van der Waals surface area contributed by atoms with E-state index in [-0.39, 0.29) is 30.4 Å². The van der Waals surface area contributed by atoms with Crippen LogP contribution in [0.3, 0.4) is 0 Å². The lowest BCUT2D eigenvalue weighted by atomic mass is 10.00. The van der Waals surface area contributed by atoms with E-state index in [1.807, 2.05) is 6.92 Å². The van der Waals surface area contributed by atoms with Crippen LogP contribution in [-0.2, 0) is 4.79 Å². The molecule has 5 heteroatoms. The molecular formula is C15H23ClN2O2. The molecule has 1 aliphatic rings. The zero-order valence-corrected chi connectivity index (χ0v) is 13.0. The molecule has 0 radical (unpaired) electrons. The van der Waals surface area contributed by atoms with Gasteiger partial charge in [-0.05, 0) is 38.3 Å². The minimum absolute atomic E-state index is 0. The third-order valence-corrected chi connectivity index (χ3v) is 3.67. The van der Waals surface area contributed by atoms with Crippen LogP contribution in [0.4, 0.5) is 0 Å². The Bertz CT molecular complexity index is 479. The maximum absolute atomic E-state index is 12.1. The Kier molecular flexibility index (Phi) is 5.99. The van der Waals surface area contributed by atoms with Gasteiger partial charge in [0, 0.05) is 6.54 Å². The van der Waals surface area contributed by atoms with Crippen molar-refractivity contribution in [2.45, 2.75) is 45.4 Å². The summed E-state index contributed by atoms with van der Waals surface area (Å²) < 4.78 is 0. The summed E-state index contributed by atoms with van der Waals surface area (Å²) in [6.45, 7) is 6.60. The topological polar surface area (TPSA) is 61.4 Å². The van der Waals surface area contributed by atoms with Crippen molar-refractivity contribution in [1.29, 1.82) is 0 Å². The van der Waals surface area contributed by atoms with Crippen molar-refractivity contribution >= 4 is 18.3 Å². The van der Waals surface area contributed by atoms with Crippen LogP contribution in [-0.4, -0.2) is 29.7 Å². The van der Waals surface area contributed by atoms with Crippen molar-refractivity contribution in [2.75, 3.05) is 6.54 Å². The number of β-amino-alcohol motifs (C(OH)–C–C–N with tert-alkyl or cyclic N) is 1. The van der Waals surface area contributed by atoms with E-state index in [0.717, 1.165) is 5.56 Å². The van der Waals surface area contributed by atoms with E-state index >= 15 is 0 Å². The van der Waals surface area contributed by atoms with E-state index in [4.69, 9.17) is 0 Å². The molecule has 1 aromatic rings. The highest BCUT2D eigenvalue weighted by molar-refractivity contribution is 5.85. The van der Waals surface area contributed by atoms with Crippen LogP contribution in [0.2, 0.25) is 0 Å². The van der Waals surface area contributed by atoms with Crippen molar-refractivity contribution in [1.82, 2.24) is 10.6 Å². The predicted molar refractivity (Wildman–Crippen MR) is 82.1 cm³/mol. The molecule has 1 fully saturated rings. The number of carbonyl (C=O) groups is 1. The van der Waals surface area contributed by atoms with Crippen LogP contribution >= 0.6 is 12.4 Å². The smallest absolute Gasteiger partial charge is 0.237 e. The summed E-state index contributed by atoms with van der Waals surface area (Å²) in [6, 6.07) is 5.95. The van der Waals surface area contributed by atoms with Gasteiger partial charge in [0.2, 0.25) is 5.91 Å². The molecule has 0 bridgehead atoms. The number of benzene rings is 1. The molecule has 3 unspecified atom stereocenters.